The van der Waals surface area contributed by atoms with Gasteiger partial charge in [0.05, 0.1) is 5.56 Å². The van der Waals surface area contributed by atoms with E-state index in [1.54, 1.807) is 17.8 Å². The van der Waals surface area contributed by atoms with Gasteiger partial charge in [-0.05, 0) is 29.4 Å². The SMILES string of the molecule is CC(C)CSCc1ccc(C(=O)O)c(F)c1. The highest BCUT2D eigenvalue weighted by atomic mass is 32.2. The summed E-state index contributed by atoms with van der Waals surface area (Å²) in [6, 6.07) is 4.29. The normalized spacial score (nSPS) is 10.8. The first-order valence-corrected chi connectivity index (χ1v) is 6.25. The largest absolute Gasteiger partial charge is 0.478 e. The number of carboxylic acids is 1. The molecule has 0 amide bonds. The molecule has 0 unspecified atom stereocenters. The first-order chi connectivity index (χ1) is 7.50. The molecule has 4 heteroatoms. The van der Waals surface area contributed by atoms with E-state index in [4.69, 9.17) is 5.11 Å². The Balaban J connectivity index is 2.63. The molecule has 88 valence electrons. The fraction of sp³-hybridized carbons (Fsp3) is 0.417. The minimum absolute atomic E-state index is 0.266. The fourth-order valence-corrected chi connectivity index (χ4v) is 2.24. The van der Waals surface area contributed by atoms with Crippen LogP contribution in [0, 0.1) is 11.7 Å². The molecular formula is C12H15FO2S. The van der Waals surface area contributed by atoms with E-state index in [1.807, 2.05) is 0 Å². The van der Waals surface area contributed by atoms with Gasteiger partial charge in [-0.2, -0.15) is 11.8 Å². The van der Waals surface area contributed by atoms with Crippen molar-refractivity contribution >= 4 is 17.7 Å². The Morgan fingerprint density at radius 1 is 1.50 bits per heavy atom. The highest BCUT2D eigenvalue weighted by Crippen LogP contribution is 2.18. The zero-order valence-corrected chi connectivity index (χ0v) is 10.2. The van der Waals surface area contributed by atoms with Crippen LogP contribution in [0.1, 0.15) is 29.8 Å². The third-order valence-electron chi connectivity index (χ3n) is 1.98. The van der Waals surface area contributed by atoms with Crippen molar-refractivity contribution in [2.45, 2.75) is 19.6 Å². The lowest BCUT2D eigenvalue weighted by Crippen LogP contribution is -2.01. The van der Waals surface area contributed by atoms with Crippen LogP contribution < -0.4 is 0 Å². The van der Waals surface area contributed by atoms with Crippen molar-refractivity contribution in [1.29, 1.82) is 0 Å². The highest BCUT2D eigenvalue weighted by molar-refractivity contribution is 7.98. The highest BCUT2D eigenvalue weighted by Gasteiger charge is 2.10. The van der Waals surface area contributed by atoms with Crippen LogP contribution in [-0.4, -0.2) is 16.8 Å². The minimum Gasteiger partial charge on any atom is -0.478 e. The van der Waals surface area contributed by atoms with Gasteiger partial charge in [0, 0.05) is 5.75 Å². The molecule has 1 N–H and O–H groups in total. The number of aromatic carboxylic acids is 1. The maximum absolute atomic E-state index is 13.3. The number of hydrogen-bond acceptors (Lipinski definition) is 2. The number of carbonyl (C=O) groups is 1. The Labute approximate surface area is 98.9 Å². The average molecular weight is 242 g/mol. The van der Waals surface area contributed by atoms with Crippen LogP contribution >= 0.6 is 11.8 Å². The number of carboxylic acid groups (broad SMARTS) is 1. The molecule has 1 aromatic carbocycles. The van der Waals surface area contributed by atoms with Crippen LogP contribution in [0.2, 0.25) is 0 Å². The summed E-state index contributed by atoms with van der Waals surface area (Å²) in [4.78, 5) is 10.6. The molecule has 1 rings (SSSR count). The van der Waals surface area contributed by atoms with Gasteiger partial charge in [0.1, 0.15) is 5.82 Å². The topological polar surface area (TPSA) is 37.3 Å². The number of hydrogen-bond donors (Lipinski definition) is 1. The maximum atomic E-state index is 13.3. The molecule has 0 fully saturated rings. The van der Waals surface area contributed by atoms with Gasteiger partial charge in [0.15, 0.2) is 0 Å². The summed E-state index contributed by atoms with van der Waals surface area (Å²) in [7, 11) is 0. The first-order valence-electron chi connectivity index (χ1n) is 5.10. The Morgan fingerprint density at radius 3 is 2.69 bits per heavy atom. The molecular weight excluding hydrogens is 227 g/mol. The van der Waals surface area contributed by atoms with E-state index in [-0.39, 0.29) is 5.56 Å². The van der Waals surface area contributed by atoms with Gasteiger partial charge in [-0.15, -0.1) is 0 Å². The van der Waals surface area contributed by atoms with Crippen molar-refractivity contribution < 1.29 is 14.3 Å². The van der Waals surface area contributed by atoms with E-state index in [9.17, 15) is 9.18 Å². The van der Waals surface area contributed by atoms with Gasteiger partial charge in [0.2, 0.25) is 0 Å². The number of rotatable bonds is 5. The van der Waals surface area contributed by atoms with Gasteiger partial charge >= 0.3 is 5.97 Å². The summed E-state index contributed by atoms with van der Waals surface area (Å²) >= 11 is 1.72. The monoisotopic (exact) mass is 242 g/mol. The van der Waals surface area contributed by atoms with Gasteiger partial charge in [-0.3, -0.25) is 0 Å². The number of benzene rings is 1. The smallest absolute Gasteiger partial charge is 0.338 e. The van der Waals surface area contributed by atoms with Crippen LogP contribution in [0.25, 0.3) is 0 Å². The molecule has 0 radical (unpaired) electrons. The summed E-state index contributed by atoms with van der Waals surface area (Å²) < 4.78 is 13.3. The van der Waals surface area contributed by atoms with E-state index in [0.29, 0.717) is 5.92 Å². The molecule has 0 spiro atoms. The summed E-state index contributed by atoms with van der Waals surface area (Å²) in [6.45, 7) is 4.25. The molecule has 0 saturated heterocycles. The second-order valence-corrected chi connectivity index (χ2v) is 5.06. The zero-order valence-electron chi connectivity index (χ0n) is 9.37. The average Bonchev–Trinajstić information content (AvgIpc) is 2.16. The first kappa shape index (κ1) is 13.0. The molecule has 2 nitrogen and oxygen atoms in total. The van der Waals surface area contributed by atoms with Crippen molar-refractivity contribution in [3.8, 4) is 0 Å². The molecule has 0 atom stereocenters. The molecule has 0 saturated carbocycles. The van der Waals surface area contributed by atoms with E-state index < -0.39 is 11.8 Å². The molecule has 1 aromatic rings. The molecule has 0 aliphatic rings. The van der Waals surface area contributed by atoms with Crippen LogP contribution in [0.5, 0.6) is 0 Å². The van der Waals surface area contributed by atoms with Gasteiger partial charge < -0.3 is 5.11 Å². The summed E-state index contributed by atoms with van der Waals surface area (Å²) in [5, 5.41) is 8.66. The third kappa shape index (κ3) is 3.85. The Bertz CT molecular complexity index is 377. The standard InChI is InChI=1S/C12H15FO2S/c1-8(2)6-16-7-9-3-4-10(12(14)15)11(13)5-9/h3-5,8H,6-7H2,1-2H3,(H,14,15). The second kappa shape index (κ2) is 5.89. The molecule has 0 aliphatic carbocycles. The molecule has 16 heavy (non-hydrogen) atoms. The van der Waals surface area contributed by atoms with Crippen molar-refractivity contribution in [3.05, 3.63) is 35.1 Å². The molecule has 0 aliphatic heterocycles. The number of halogens is 1. The fourth-order valence-electron chi connectivity index (χ4n) is 1.23. The Morgan fingerprint density at radius 2 is 2.19 bits per heavy atom. The van der Waals surface area contributed by atoms with Crippen LogP contribution in [0.3, 0.4) is 0 Å². The van der Waals surface area contributed by atoms with Crippen molar-refractivity contribution in [2.24, 2.45) is 5.92 Å². The lowest BCUT2D eigenvalue weighted by molar-refractivity contribution is 0.0692. The molecule has 0 heterocycles. The van der Waals surface area contributed by atoms with Crippen LogP contribution in [0.15, 0.2) is 18.2 Å². The van der Waals surface area contributed by atoms with E-state index >= 15 is 0 Å². The Hall–Kier alpha value is -1.03. The lowest BCUT2D eigenvalue weighted by atomic mass is 10.1. The summed E-state index contributed by atoms with van der Waals surface area (Å²) in [5.74, 6) is 0.458. The van der Waals surface area contributed by atoms with Crippen LogP contribution in [0.4, 0.5) is 4.39 Å². The zero-order chi connectivity index (χ0) is 12.1. The molecule has 0 aromatic heterocycles. The van der Waals surface area contributed by atoms with Crippen LogP contribution in [-0.2, 0) is 5.75 Å². The second-order valence-electron chi connectivity index (χ2n) is 4.03. The summed E-state index contributed by atoms with van der Waals surface area (Å²) in [6.07, 6.45) is 0. The van der Waals surface area contributed by atoms with Crippen molar-refractivity contribution in [3.63, 3.8) is 0 Å². The van der Waals surface area contributed by atoms with Crippen molar-refractivity contribution in [2.75, 3.05) is 5.75 Å². The molecule has 0 bridgehead atoms. The van der Waals surface area contributed by atoms with Crippen molar-refractivity contribution in [1.82, 2.24) is 0 Å². The van der Waals surface area contributed by atoms with E-state index in [2.05, 4.69) is 13.8 Å². The predicted octanol–water partition coefficient (Wildman–Crippen LogP) is 3.41. The van der Waals surface area contributed by atoms with Gasteiger partial charge in [0.25, 0.3) is 0 Å². The van der Waals surface area contributed by atoms with Gasteiger partial charge in [-0.1, -0.05) is 19.9 Å². The lowest BCUT2D eigenvalue weighted by Gasteiger charge is -2.05. The Kier molecular flexibility index (Phi) is 4.80. The predicted molar refractivity (Wildman–Crippen MR) is 64.4 cm³/mol. The van der Waals surface area contributed by atoms with E-state index in [0.717, 1.165) is 17.1 Å². The van der Waals surface area contributed by atoms with E-state index in [1.165, 1.54) is 12.1 Å². The number of thioether (sulfide) groups is 1. The van der Waals surface area contributed by atoms with Gasteiger partial charge in [-0.25, -0.2) is 9.18 Å². The quantitative estimate of drug-likeness (QED) is 0.859. The maximum Gasteiger partial charge on any atom is 0.338 e. The minimum atomic E-state index is -1.22. The summed E-state index contributed by atoms with van der Waals surface area (Å²) in [5.41, 5.74) is 0.561. The third-order valence-corrected chi connectivity index (χ3v) is 3.42.